The van der Waals surface area contributed by atoms with Crippen LogP contribution in [0.2, 0.25) is 0 Å². The highest BCUT2D eigenvalue weighted by Crippen LogP contribution is 2.18. The van der Waals surface area contributed by atoms with Crippen molar-refractivity contribution in [2.75, 3.05) is 18.0 Å². The van der Waals surface area contributed by atoms with Gasteiger partial charge in [-0.25, -0.2) is 9.97 Å². The fourth-order valence-electron chi connectivity index (χ4n) is 2.70. The Labute approximate surface area is 132 Å². The first-order valence-electron chi connectivity index (χ1n) is 8.17. The molecule has 1 aromatic heterocycles. The summed E-state index contributed by atoms with van der Waals surface area (Å²) in [5.74, 6) is 1.06. The molecule has 1 N–H and O–H groups in total. The molecule has 120 valence electrons. The second kappa shape index (κ2) is 7.92. The molecule has 5 nitrogen and oxygen atoms in total. The molecule has 5 heteroatoms. The van der Waals surface area contributed by atoms with Crippen molar-refractivity contribution in [1.82, 2.24) is 15.3 Å². The van der Waals surface area contributed by atoms with Gasteiger partial charge in [0, 0.05) is 36.5 Å². The highest BCUT2D eigenvalue weighted by molar-refractivity contribution is 5.92. The lowest BCUT2D eigenvalue weighted by Crippen LogP contribution is -2.45. The van der Waals surface area contributed by atoms with E-state index in [1.165, 1.54) is 0 Å². The topological polar surface area (TPSA) is 58.1 Å². The molecule has 0 spiro atoms. The number of nitrogens with one attached hydrogen (secondary N) is 1. The maximum Gasteiger partial charge on any atom is 0.246 e. The molecule has 1 aliphatic heterocycles. The van der Waals surface area contributed by atoms with Crippen LogP contribution in [0.5, 0.6) is 0 Å². The molecule has 0 unspecified atom stereocenters. The van der Waals surface area contributed by atoms with Gasteiger partial charge < -0.3 is 10.2 Å². The van der Waals surface area contributed by atoms with Gasteiger partial charge in [0.1, 0.15) is 12.1 Å². The van der Waals surface area contributed by atoms with Gasteiger partial charge in [-0.15, -0.1) is 0 Å². The lowest BCUT2D eigenvalue weighted by Gasteiger charge is -2.33. The minimum absolute atomic E-state index is 0.0654. The van der Waals surface area contributed by atoms with Crippen LogP contribution in [0.25, 0.3) is 0 Å². The highest BCUT2D eigenvalue weighted by atomic mass is 16.1. The zero-order valence-corrected chi connectivity index (χ0v) is 13.8. The number of aromatic nitrogens is 2. The number of hydrogen-bond acceptors (Lipinski definition) is 4. The van der Waals surface area contributed by atoms with Gasteiger partial charge in [0.2, 0.25) is 5.91 Å². The van der Waals surface area contributed by atoms with E-state index >= 15 is 0 Å². The number of piperidine rings is 1. The number of rotatable bonds is 5. The average Bonchev–Trinajstić information content (AvgIpc) is 2.55. The third-order valence-corrected chi connectivity index (χ3v) is 4.09. The number of anilines is 1. The van der Waals surface area contributed by atoms with Crippen LogP contribution < -0.4 is 10.2 Å². The Bertz CT molecular complexity index is 533. The molecule has 2 heterocycles. The second-order valence-corrected chi connectivity index (χ2v) is 5.75. The summed E-state index contributed by atoms with van der Waals surface area (Å²) in [6.07, 6.45) is 7.34. The van der Waals surface area contributed by atoms with Crippen molar-refractivity contribution in [3.05, 3.63) is 29.7 Å². The number of allylic oxidation sites excluding steroid dienone is 1. The average molecular weight is 302 g/mol. The Kier molecular flexibility index (Phi) is 5.92. The van der Waals surface area contributed by atoms with Crippen molar-refractivity contribution in [1.29, 1.82) is 0 Å². The van der Waals surface area contributed by atoms with Crippen LogP contribution in [0.3, 0.4) is 0 Å². The summed E-state index contributed by atoms with van der Waals surface area (Å²) in [4.78, 5) is 22.9. The fraction of sp³-hybridized carbons (Fsp3) is 0.588. The van der Waals surface area contributed by atoms with Gasteiger partial charge in [-0.2, -0.15) is 0 Å². The zero-order valence-electron chi connectivity index (χ0n) is 13.8. The maximum atomic E-state index is 12.0. The highest BCUT2D eigenvalue weighted by Gasteiger charge is 2.22. The predicted octanol–water partition coefficient (Wildman–Crippen LogP) is 2.48. The van der Waals surface area contributed by atoms with Crippen molar-refractivity contribution in [3.63, 3.8) is 0 Å². The molecule has 0 radical (unpaired) electrons. The SMILES string of the molecule is CCC=C(C)C(=O)NC1CCN(c2cc(CC)ncn2)CC1. The van der Waals surface area contributed by atoms with E-state index in [1.54, 1.807) is 6.33 Å². The zero-order chi connectivity index (χ0) is 15.9. The number of carbonyl (C=O) groups excluding carboxylic acids is 1. The molecule has 1 saturated heterocycles. The van der Waals surface area contributed by atoms with E-state index in [0.29, 0.717) is 0 Å². The summed E-state index contributed by atoms with van der Waals surface area (Å²) in [5.41, 5.74) is 1.88. The third-order valence-electron chi connectivity index (χ3n) is 4.09. The van der Waals surface area contributed by atoms with Gasteiger partial charge in [-0.05, 0) is 32.6 Å². The fourth-order valence-corrected chi connectivity index (χ4v) is 2.70. The molecule has 1 aliphatic rings. The Balaban J connectivity index is 1.87. The molecule has 1 fully saturated rings. The van der Waals surface area contributed by atoms with Crippen molar-refractivity contribution in [3.8, 4) is 0 Å². The van der Waals surface area contributed by atoms with E-state index in [-0.39, 0.29) is 11.9 Å². The molecule has 0 saturated carbocycles. The molecule has 22 heavy (non-hydrogen) atoms. The smallest absolute Gasteiger partial charge is 0.246 e. The Hall–Kier alpha value is -1.91. The van der Waals surface area contributed by atoms with Gasteiger partial charge in [0.15, 0.2) is 0 Å². The van der Waals surface area contributed by atoms with Crippen LogP contribution in [0, 0.1) is 0 Å². The molecule has 1 amide bonds. The van der Waals surface area contributed by atoms with Gasteiger partial charge in [0.05, 0.1) is 0 Å². The normalized spacial score (nSPS) is 16.7. The summed E-state index contributed by atoms with van der Waals surface area (Å²) in [5, 5.41) is 3.13. The van der Waals surface area contributed by atoms with Gasteiger partial charge in [-0.1, -0.05) is 19.9 Å². The summed E-state index contributed by atoms with van der Waals surface area (Å²) in [6.45, 7) is 7.85. The Morgan fingerprint density at radius 1 is 1.36 bits per heavy atom. The largest absolute Gasteiger partial charge is 0.356 e. The minimum atomic E-state index is 0.0654. The van der Waals surface area contributed by atoms with E-state index < -0.39 is 0 Å². The molecule has 1 aromatic rings. The van der Waals surface area contributed by atoms with Gasteiger partial charge >= 0.3 is 0 Å². The molecule has 0 bridgehead atoms. The van der Waals surface area contributed by atoms with Crippen LogP contribution in [0.4, 0.5) is 5.82 Å². The summed E-state index contributed by atoms with van der Waals surface area (Å²) < 4.78 is 0. The molecular weight excluding hydrogens is 276 g/mol. The van der Waals surface area contributed by atoms with Crippen LogP contribution in [-0.2, 0) is 11.2 Å². The van der Waals surface area contributed by atoms with E-state index in [4.69, 9.17) is 0 Å². The van der Waals surface area contributed by atoms with E-state index in [2.05, 4.69) is 33.2 Å². The van der Waals surface area contributed by atoms with E-state index in [1.807, 2.05) is 19.9 Å². The molecule has 2 rings (SSSR count). The molecular formula is C17H26N4O. The van der Waals surface area contributed by atoms with Crippen LogP contribution in [0.1, 0.15) is 45.7 Å². The molecule has 0 aliphatic carbocycles. The van der Waals surface area contributed by atoms with Crippen LogP contribution >= 0.6 is 0 Å². The summed E-state index contributed by atoms with van der Waals surface area (Å²) in [7, 11) is 0. The maximum absolute atomic E-state index is 12.0. The third kappa shape index (κ3) is 4.29. The first kappa shape index (κ1) is 16.5. The number of nitrogens with zero attached hydrogens (tertiary/aromatic N) is 3. The van der Waals surface area contributed by atoms with Crippen molar-refractivity contribution in [2.45, 2.75) is 52.5 Å². The Morgan fingerprint density at radius 3 is 2.73 bits per heavy atom. The number of hydrogen-bond donors (Lipinski definition) is 1. The summed E-state index contributed by atoms with van der Waals surface area (Å²) >= 11 is 0. The quantitative estimate of drug-likeness (QED) is 0.849. The predicted molar refractivity (Wildman–Crippen MR) is 88.8 cm³/mol. The van der Waals surface area contributed by atoms with E-state index in [9.17, 15) is 4.79 Å². The van der Waals surface area contributed by atoms with Gasteiger partial charge in [0.25, 0.3) is 0 Å². The lowest BCUT2D eigenvalue weighted by molar-refractivity contribution is -0.118. The van der Waals surface area contributed by atoms with Crippen molar-refractivity contribution >= 4 is 11.7 Å². The number of carbonyl (C=O) groups is 1. The van der Waals surface area contributed by atoms with Crippen molar-refractivity contribution in [2.24, 2.45) is 0 Å². The van der Waals surface area contributed by atoms with Crippen molar-refractivity contribution < 1.29 is 4.79 Å². The minimum Gasteiger partial charge on any atom is -0.356 e. The molecule has 0 atom stereocenters. The second-order valence-electron chi connectivity index (χ2n) is 5.75. The van der Waals surface area contributed by atoms with Gasteiger partial charge in [-0.3, -0.25) is 4.79 Å². The Morgan fingerprint density at radius 2 is 2.09 bits per heavy atom. The molecule has 0 aromatic carbocycles. The summed E-state index contributed by atoms with van der Waals surface area (Å²) in [6, 6.07) is 2.32. The van der Waals surface area contributed by atoms with E-state index in [0.717, 1.165) is 55.9 Å². The van der Waals surface area contributed by atoms with Crippen LogP contribution in [-0.4, -0.2) is 35.0 Å². The first-order valence-corrected chi connectivity index (χ1v) is 8.17. The lowest BCUT2D eigenvalue weighted by atomic mass is 10.0. The monoisotopic (exact) mass is 302 g/mol. The first-order chi connectivity index (χ1) is 10.6. The number of amides is 1. The standard InChI is InChI=1S/C17H26N4O/c1-4-6-13(3)17(22)20-15-7-9-21(10-8-15)16-11-14(5-2)18-12-19-16/h6,11-12,15H,4-5,7-10H2,1-3H3,(H,20,22). The van der Waals surface area contributed by atoms with Crippen LogP contribution in [0.15, 0.2) is 24.0 Å². The number of aryl methyl sites for hydroxylation is 1.